The Labute approximate surface area is 103 Å². The number of ether oxygens (including phenoxy) is 2. The lowest BCUT2D eigenvalue weighted by Gasteiger charge is -2.28. The first-order chi connectivity index (χ1) is 8.01. The maximum absolute atomic E-state index is 12.1. The summed E-state index contributed by atoms with van der Waals surface area (Å²) < 4.78 is 11.1. The molecule has 5 unspecified atom stereocenters. The first-order valence-corrected chi connectivity index (χ1v) is 6.83. The normalized spacial score (nSPS) is 50.2. The van der Waals surface area contributed by atoms with Crippen molar-refractivity contribution in [2.45, 2.75) is 58.7 Å². The summed E-state index contributed by atoms with van der Waals surface area (Å²) in [5, 5.41) is 0. The van der Waals surface area contributed by atoms with Gasteiger partial charge in [0.05, 0.1) is 24.7 Å². The Balaban J connectivity index is 1.67. The summed E-state index contributed by atoms with van der Waals surface area (Å²) in [7, 11) is 0. The maximum atomic E-state index is 12.1. The predicted octanol–water partition coefficient (Wildman–Crippen LogP) is 2.53. The quantitative estimate of drug-likeness (QED) is 0.429. The fraction of sp³-hybridized carbons (Fsp3) is 0.929. The second-order valence-corrected chi connectivity index (χ2v) is 6.59. The van der Waals surface area contributed by atoms with Crippen molar-refractivity contribution in [3.63, 3.8) is 0 Å². The summed E-state index contributed by atoms with van der Waals surface area (Å²) in [6, 6.07) is 0. The molecule has 3 fully saturated rings. The smallest absolute Gasteiger partial charge is 0.309 e. The van der Waals surface area contributed by atoms with E-state index in [9.17, 15) is 4.79 Å². The standard InChI is InChI=1S/C14H22O3/c1-4-5-6-16-12(15)9-7-13(2)8-14(9,3)11-10(13)17-11/h9-11H,4-8H2,1-3H3. The minimum absolute atomic E-state index is 0.0126. The van der Waals surface area contributed by atoms with E-state index in [0.29, 0.717) is 18.8 Å². The number of carbonyl (C=O) groups excluding carboxylic acids is 1. The number of esters is 1. The second kappa shape index (κ2) is 3.47. The van der Waals surface area contributed by atoms with Crippen molar-refractivity contribution in [1.82, 2.24) is 0 Å². The number of hydrogen-bond acceptors (Lipinski definition) is 3. The third-order valence-corrected chi connectivity index (χ3v) is 5.11. The van der Waals surface area contributed by atoms with E-state index in [1.54, 1.807) is 0 Å². The minimum Gasteiger partial charge on any atom is -0.465 e. The topological polar surface area (TPSA) is 38.8 Å². The van der Waals surface area contributed by atoms with Gasteiger partial charge in [0.25, 0.3) is 0 Å². The molecule has 3 rings (SSSR count). The second-order valence-electron chi connectivity index (χ2n) is 6.59. The van der Waals surface area contributed by atoms with Gasteiger partial charge in [0.1, 0.15) is 0 Å². The summed E-state index contributed by atoms with van der Waals surface area (Å²) in [6.45, 7) is 7.16. The summed E-state index contributed by atoms with van der Waals surface area (Å²) >= 11 is 0. The lowest BCUT2D eigenvalue weighted by Crippen LogP contribution is -2.36. The van der Waals surface area contributed by atoms with Crippen LogP contribution in [0.25, 0.3) is 0 Å². The molecule has 1 saturated heterocycles. The zero-order valence-corrected chi connectivity index (χ0v) is 11.0. The van der Waals surface area contributed by atoms with Gasteiger partial charge in [-0.1, -0.05) is 27.2 Å². The number of fused-ring (bicyclic) bond motifs is 5. The molecule has 0 radical (unpaired) electrons. The average Bonchev–Trinajstić information content (AvgIpc) is 2.98. The molecule has 2 aliphatic carbocycles. The van der Waals surface area contributed by atoms with Crippen LogP contribution >= 0.6 is 0 Å². The van der Waals surface area contributed by atoms with Gasteiger partial charge in [-0.05, 0) is 24.7 Å². The monoisotopic (exact) mass is 238 g/mol. The molecule has 1 aliphatic heterocycles. The van der Waals surface area contributed by atoms with Crippen LogP contribution in [0.1, 0.15) is 46.5 Å². The van der Waals surface area contributed by atoms with Crippen molar-refractivity contribution < 1.29 is 14.3 Å². The largest absolute Gasteiger partial charge is 0.465 e. The Morgan fingerprint density at radius 1 is 1.41 bits per heavy atom. The summed E-state index contributed by atoms with van der Waals surface area (Å²) in [5.41, 5.74) is 0.274. The molecule has 3 heteroatoms. The van der Waals surface area contributed by atoms with E-state index in [2.05, 4.69) is 20.8 Å². The highest BCUT2D eigenvalue weighted by molar-refractivity contribution is 5.75. The number of epoxide rings is 1. The molecule has 5 atom stereocenters. The number of rotatable bonds is 4. The van der Waals surface area contributed by atoms with Gasteiger partial charge in [-0.15, -0.1) is 0 Å². The first kappa shape index (κ1) is 11.5. The van der Waals surface area contributed by atoms with Crippen molar-refractivity contribution in [3.05, 3.63) is 0 Å². The van der Waals surface area contributed by atoms with Gasteiger partial charge in [-0.3, -0.25) is 4.79 Å². The molecular weight excluding hydrogens is 216 g/mol. The Morgan fingerprint density at radius 3 is 2.76 bits per heavy atom. The van der Waals surface area contributed by atoms with Gasteiger partial charge in [0, 0.05) is 5.41 Å². The Morgan fingerprint density at radius 2 is 2.18 bits per heavy atom. The van der Waals surface area contributed by atoms with Crippen molar-refractivity contribution in [2.24, 2.45) is 16.7 Å². The third-order valence-electron chi connectivity index (χ3n) is 5.11. The molecule has 96 valence electrons. The van der Waals surface area contributed by atoms with E-state index in [-0.39, 0.29) is 22.7 Å². The third kappa shape index (κ3) is 1.48. The SMILES string of the molecule is CCCCOC(=O)C1CC2(C)CC1(C)C1OC12. The van der Waals surface area contributed by atoms with Crippen LogP contribution in [0.4, 0.5) is 0 Å². The molecule has 0 spiro atoms. The first-order valence-electron chi connectivity index (χ1n) is 6.83. The van der Waals surface area contributed by atoms with Crippen LogP contribution in [0.2, 0.25) is 0 Å². The molecule has 0 amide bonds. The molecule has 0 N–H and O–H groups in total. The molecule has 17 heavy (non-hydrogen) atoms. The summed E-state index contributed by atoms with van der Waals surface area (Å²) in [6.07, 6.45) is 4.87. The van der Waals surface area contributed by atoms with Crippen LogP contribution in [0.5, 0.6) is 0 Å². The van der Waals surface area contributed by atoms with Gasteiger partial charge in [0.15, 0.2) is 0 Å². The van der Waals surface area contributed by atoms with E-state index < -0.39 is 0 Å². The van der Waals surface area contributed by atoms with Gasteiger partial charge in [-0.2, -0.15) is 0 Å². The van der Waals surface area contributed by atoms with E-state index in [0.717, 1.165) is 25.7 Å². The zero-order chi connectivity index (χ0) is 12.3. The highest BCUT2D eigenvalue weighted by Crippen LogP contribution is 2.72. The van der Waals surface area contributed by atoms with E-state index in [4.69, 9.17) is 9.47 Å². The number of hydrogen-bond donors (Lipinski definition) is 0. The van der Waals surface area contributed by atoms with Crippen molar-refractivity contribution in [3.8, 4) is 0 Å². The van der Waals surface area contributed by atoms with Crippen LogP contribution in [0, 0.1) is 16.7 Å². The number of carbonyl (C=O) groups is 1. The Hall–Kier alpha value is -0.570. The van der Waals surface area contributed by atoms with Crippen LogP contribution in [-0.2, 0) is 14.3 Å². The molecule has 2 bridgehead atoms. The molecule has 3 aliphatic rings. The van der Waals surface area contributed by atoms with E-state index in [1.165, 1.54) is 0 Å². The zero-order valence-electron chi connectivity index (χ0n) is 11.0. The fourth-order valence-electron chi connectivity index (χ4n) is 4.19. The molecular formula is C14H22O3. The molecule has 0 aromatic carbocycles. The highest BCUT2D eigenvalue weighted by atomic mass is 16.6. The summed E-state index contributed by atoms with van der Waals surface area (Å²) in [4.78, 5) is 12.1. The van der Waals surface area contributed by atoms with Gasteiger partial charge < -0.3 is 9.47 Å². The van der Waals surface area contributed by atoms with Crippen LogP contribution in [0.15, 0.2) is 0 Å². The number of unbranched alkanes of at least 4 members (excludes halogenated alkanes) is 1. The lowest BCUT2D eigenvalue weighted by atomic mass is 9.75. The predicted molar refractivity (Wildman–Crippen MR) is 63.5 cm³/mol. The molecule has 3 nitrogen and oxygen atoms in total. The summed E-state index contributed by atoms with van der Waals surface area (Å²) in [5.74, 6) is 0.0757. The van der Waals surface area contributed by atoms with Gasteiger partial charge in [0.2, 0.25) is 0 Å². The fourth-order valence-corrected chi connectivity index (χ4v) is 4.19. The van der Waals surface area contributed by atoms with Crippen LogP contribution in [-0.4, -0.2) is 24.8 Å². The van der Waals surface area contributed by atoms with Gasteiger partial charge >= 0.3 is 5.97 Å². The minimum atomic E-state index is 0.0126. The highest BCUT2D eigenvalue weighted by Gasteiger charge is 2.76. The van der Waals surface area contributed by atoms with Gasteiger partial charge in [-0.25, -0.2) is 0 Å². The van der Waals surface area contributed by atoms with Crippen molar-refractivity contribution >= 4 is 5.97 Å². The molecule has 0 aromatic rings. The van der Waals surface area contributed by atoms with Crippen LogP contribution in [0.3, 0.4) is 0 Å². The Kier molecular flexibility index (Phi) is 2.35. The van der Waals surface area contributed by atoms with E-state index in [1.807, 2.05) is 0 Å². The van der Waals surface area contributed by atoms with Crippen LogP contribution < -0.4 is 0 Å². The van der Waals surface area contributed by atoms with Crippen molar-refractivity contribution in [1.29, 1.82) is 0 Å². The molecule has 0 aromatic heterocycles. The molecule has 1 heterocycles. The van der Waals surface area contributed by atoms with Crippen molar-refractivity contribution in [2.75, 3.05) is 6.61 Å². The molecule has 2 saturated carbocycles. The van der Waals surface area contributed by atoms with E-state index >= 15 is 0 Å². The average molecular weight is 238 g/mol. The lowest BCUT2D eigenvalue weighted by molar-refractivity contribution is -0.153. The Bertz CT molecular complexity index is 353. The maximum Gasteiger partial charge on any atom is 0.309 e.